The molecule has 0 saturated heterocycles. The van der Waals surface area contributed by atoms with Gasteiger partial charge in [-0.1, -0.05) is 32.9 Å². The largest absolute Gasteiger partial charge is 0.497 e. The maximum Gasteiger partial charge on any atom is 0.145 e. The molecule has 2 heterocycles. The molecule has 2 aromatic carbocycles. The number of hydrogen-bond donors (Lipinski definition) is 0. The van der Waals surface area contributed by atoms with Gasteiger partial charge in [0, 0.05) is 23.2 Å². The van der Waals surface area contributed by atoms with Gasteiger partial charge in [-0.15, -0.1) is 0 Å². The lowest BCUT2D eigenvalue weighted by molar-refractivity contribution is 0.415. The minimum absolute atomic E-state index is 0.121. The Morgan fingerprint density at radius 3 is 2.48 bits per heavy atom. The van der Waals surface area contributed by atoms with Crippen molar-refractivity contribution in [1.29, 1.82) is 0 Å². The van der Waals surface area contributed by atoms with E-state index in [9.17, 15) is 0 Å². The molecule has 4 rings (SSSR count). The summed E-state index contributed by atoms with van der Waals surface area (Å²) in [5, 5.41) is 3.56. The van der Waals surface area contributed by atoms with Gasteiger partial charge in [-0.05, 0) is 40.6 Å². The Morgan fingerprint density at radius 2 is 1.74 bits per heavy atom. The standard InChI is InChI=1S/C20H20N2O/c1-20(2,3)13-5-7-16-15-8-6-14(23-4)12-17(15)19-21-9-10-22(19)18(16)11-13/h5-12H,1-4H3. The highest BCUT2D eigenvalue weighted by Gasteiger charge is 2.16. The van der Waals surface area contributed by atoms with Crippen molar-refractivity contribution >= 4 is 27.3 Å². The molecule has 0 spiro atoms. The Balaban J connectivity index is 2.20. The Bertz CT molecular complexity index is 1040. The minimum Gasteiger partial charge on any atom is -0.497 e. The van der Waals surface area contributed by atoms with Crippen molar-refractivity contribution in [2.75, 3.05) is 7.11 Å². The van der Waals surface area contributed by atoms with Crippen LogP contribution in [0.15, 0.2) is 48.8 Å². The first kappa shape index (κ1) is 14.1. The monoisotopic (exact) mass is 304 g/mol. The van der Waals surface area contributed by atoms with Crippen molar-refractivity contribution in [2.45, 2.75) is 26.2 Å². The quantitative estimate of drug-likeness (QED) is 0.465. The molecule has 0 aliphatic heterocycles. The van der Waals surface area contributed by atoms with E-state index < -0.39 is 0 Å². The number of aromatic nitrogens is 2. The minimum atomic E-state index is 0.121. The van der Waals surface area contributed by atoms with Gasteiger partial charge in [0.2, 0.25) is 0 Å². The molecule has 0 bridgehead atoms. The molecule has 2 aromatic heterocycles. The summed E-state index contributed by atoms with van der Waals surface area (Å²) in [5.41, 5.74) is 3.61. The smallest absolute Gasteiger partial charge is 0.145 e. The van der Waals surface area contributed by atoms with Gasteiger partial charge < -0.3 is 4.74 Å². The number of imidazole rings is 1. The normalized spacial score (nSPS) is 12.3. The number of hydrogen-bond acceptors (Lipinski definition) is 2. The summed E-state index contributed by atoms with van der Waals surface area (Å²) in [6.07, 6.45) is 3.89. The average Bonchev–Trinajstić information content (AvgIpc) is 3.03. The van der Waals surface area contributed by atoms with Crippen molar-refractivity contribution in [3.63, 3.8) is 0 Å². The summed E-state index contributed by atoms with van der Waals surface area (Å²) >= 11 is 0. The molecule has 3 heteroatoms. The molecule has 0 N–H and O–H groups in total. The van der Waals surface area contributed by atoms with Crippen molar-refractivity contribution in [3.8, 4) is 5.75 Å². The van der Waals surface area contributed by atoms with Gasteiger partial charge in [-0.3, -0.25) is 4.40 Å². The van der Waals surface area contributed by atoms with E-state index in [1.807, 2.05) is 18.5 Å². The van der Waals surface area contributed by atoms with E-state index in [4.69, 9.17) is 4.74 Å². The number of rotatable bonds is 1. The maximum atomic E-state index is 5.39. The number of methoxy groups -OCH3 is 1. The number of fused-ring (bicyclic) bond motifs is 6. The fourth-order valence-corrected chi connectivity index (χ4v) is 3.19. The zero-order valence-corrected chi connectivity index (χ0v) is 13.9. The predicted molar refractivity (Wildman–Crippen MR) is 95.5 cm³/mol. The van der Waals surface area contributed by atoms with Crippen molar-refractivity contribution in [1.82, 2.24) is 9.38 Å². The second-order valence-electron chi connectivity index (χ2n) is 7.01. The van der Waals surface area contributed by atoms with E-state index in [0.29, 0.717) is 0 Å². The Kier molecular flexibility index (Phi) is 2.89. The molecule has 116 valence electrons. The lowest BCUT2D eigenvalue weighted by Crippen LogP contribution is -2.11. The van der Waals surface area contributed by atoms with Gasteiger partial charge in [0.05, 0.1) is 12.6 Å². The van der Waals surface area contributed by atoms with E-state index in [2.05, 4.69) is 60.5 Å². The van der Waals surface area contributed by atoms with Gasteiger partial charge >= 0.3 is 0 Å². The second-order valence-corrected chi connectivity index (χ2v) is 7.01. The van der Waals surface area contributed by atoms with Crippen molar-refractivity contribution < 1.29 is 4.74 Å². The summed E-state index contributed by atoms with van der Waals surface area (Å²) in [6, 6.07) is 12.9. The van der Waals surface area contributed by atoms with E-state index in [1.54, 1.807) is 7.11 Å². The summed E-state index contributed by atoms with van der Waals surface area (Å²) < 4.78 is 7.56. The maximum absolute atomic E-state index is 5.39. The van der Waals surface area contributed by atoms with Crippen molar-refractivity contribution in [2.24, 2.45) is 0 Å². The topological polar surface area (TPSA) is 26.5 Å². The lowest BCUT2D eigenvalue weighted by atomic mass is 9.86. The Labute approximate surface area is 135 Å². The highest BCUT2D eigenvalue weighted by molar-refractivity contribution is 6.12. The first-order valence-corrected chi connectivity index (χ1v) is 7.86. The van der Waals surface area contributed by atoms with E-state index >= 15 is 0 Å². The number of pyridine rings is 1. The van der Waals surface area contributed by atoms with Crippen LogP contribution < -0.4 is 4.74 Å². The first-order valence-electron chi connectivity index (χ1n) is 7.86. The lowest BCUT2D eigenvalue weighted by Gasteiger charge is -2.20. The van der Waals surface area contributed by atoms with E-state index in [0.717, 1.165) is 16.8 Å². The van der Waals surface area contributed by atoms with Crippen LogP contribution in [-0.2, 0) is 5.41 Å². The molecule has 0 atom stereocenters. The van der Waals surface area contributed by atoms with Gasteiger partial charge in [-0.25, -0.2) is 4.98 Å². The summed E-state index contributed by atoms with van der Waals surface area (Å²) in [6.45, 7) is 6.72. The molecule has 0 saturated carbocycles. The third kappa shape index (κ3) is 2.07. The Morgan fingerprint density at radius 1 is 0.957 bits per heavy atom. The Hall–Kier alpha value is -2.55. The van der Waals surface area contributed by atoms with Gasteiger partial charge in [0.1, 0.15) is 11.4 Å². The third-order valence-electron chi connectivity index (χ3n) is 4.52. The molecule has 0 amide bonds. The fourth-order valence-electron chi connectivity index (χ4n) is 3.19. The molecule has 23 heavy (non-hydrogen) atoms. The van der Waals surface area contributed by atoms with Crippen LogP contribution in [0.2, 0.25) is 0 Å². The summed E-state index contributed by atoms with van der Waals surface area (Å²) in [7, 11) is 1.70. The van der Waals surface area contributed by atoms with E-state index in [-0.39, 0.29) is 5.41 Å². The highest BCUT2D eigenvalue weighted by atomic mass is 16.5. The predicted octanol–water partition coefficient (Wildman–Crippen LogP) is 4.95. The molecule has 4 aromatic rings. The molecule has 0 aliphatic carbocycles. The average molecular weight is 304 g/mol. The van der Waals surface area contributed by atoms with Crippen LogP contribution in [-0.4, -0.2) is 16.5 Å². The molecule has 0 fully saturated rings. The molecule has 3 nitrogen and oxygen atoms in total. The van der Waals surface area contributed by atoms with Crippen LogP contribution in [0.3, 0.4) is 0 Å². The fraction of sp³-hybridized carbons (Fsp3) is 0.250. The zero-order chi connectivity index (χ0) is 16.2. The number of benzene rings is 2. The first-order chi connectivity index (χ1) is 11.0. The second kappa shape index (κ2) is 4.72. The number of ether oxygens (including phenoxy) is 1. The van der Waals surface area contributed by atoms with Gasteiger partial charge in [-0.2, -0.15) is 0 Å². The summed E-state index contributed by atoms with van der Waals surface area (Å²) in [5.74, 6) is 0.855. The van der Waals surface area contributed by atoms with E-state index in [1.165, 1.54) is 21.9 Å². The van der Waals surface area contributed by atoms with Crippen LogP contribution in [0.4, 0.5) is 0 Å². The molecule has 0 radical (unpaired) electrons. The summed E-state index contributed by atoms with van der Waals surface area (Å²) in [4.78, 5) is 4.57. The number of nitrogens with zero attached hydrogens (tertiary/aromatic N) is 2. The van der Waals surface area contributed by atoms with Crippen LogP contribution in [0.1, 0.15) is 26.3 Å². The zero-order valence-electron chi connectivity index (χ0n) is 13.9. The van der Waals surface area contributed by atoms with Gasteiger partial charge in [0.15, 0.2) is 0 Å². The van der Waals surface area contributed by atoms with Crippen LogP contribution in [0.25, 0.3) is 27.3 Å². The van der Waals surface area contributed by atoms with Crippen LogP contribution in [0, 0.1) is 0 Å². The molecular formula is C20H20N2O. The highest BCUT2D eigenvalue weighted by Crippen LogP contribution is 2.34. The van der Waals surface area contributed by atoms with Gasteiger partial charge in [0.25, 0.3) is 0 Å². The SMILES string of the molecule is COc1ccc2c3ccc(C(C)(C)C)cc3n3ccnc3c2c1. The van der Waals surface area contributed by atoms with Crippen LogP contribution >= 0.6 is 0 Å². The third-order valence-corrected chi connectivity index (χ3v) is 4.52. The molecule has 0 aliphatic rings. The van der Waals surface area contributed by atoms with Crippen molar-refractivity contribution in [3.05, 3.63) is 54.4 Å². The molecule has 0 unspecified atom stereocenters. The molecular weight excluding hydrogens is 284 g/mol. The van der Waals surface area contributed by atoms with Crippen LogP contribution in [0.5, 0.6) is 5.75 Å².